The molecular weight excluding hydrogens is 208 g/mol. The van der Waals surface area contributed by atoms with Crippen LogP contribution in [0.4, 0.5) is 5.69 Å². The van der Waals surface area contributed by atoms with Crippen LogP contribution in [0.5, 0.6) is 0 Å². The molecule has 2 heteroatoms. The van der Waals surface area contributed by atoms with Gasteiger partial charge in [0.15, 0.2) is 0 Å². The molecule has 3 rings (SSSR count). The lowest BCUT2D eigenvalue weighted by atomic mass is 10.1. The van der Waals surface area contributed by atoms with E-state index in [0.29, 0.717) is 6.04 Å². The molecule has 1 aromatic rings. The van der Waals surface area contributed by atoms with Crippen molar-refractivity contribution in [3.8, 4) is 0 Å². The number of rotatable bonds is 3. The third-order valence-corrected chi connectivity index (χ3v) is 4.24. The number of fused-ring (bicyclic) bond motifs is 1. The van der Waals surface area contributed by atoms with E-state index < -0.39 is 0 Å². The number of anilines is 1. The number of benzene rings is 1. The number of hydrogen-bond acceptors (Lipinski definition) is 2. The molecule has 1 fully saturated rings. The second-order valence-corrected chi connectivity index (χ2v) is 5.45. The Morgan fingerprint density at radius 1 is 1.41 bits per heavy atom. The fourth-order valence-corrected chi connectivity index (χ4v) is 3.32. The Hall–Kier alpha value is -1.02. The number of hydrogen-bond donors (Lipinski definition) is 1. The fraction of sp³-hybridized carbons (Fsp3) is 0.600. The van der Waals surface area contributed by atoms with E-state index in [1.807, 2.05) is 0 Å². The summed E-state index contributed by atoms with van der Waals surface area (Å²) in [7, 11) is 0. The summed E-state index contributed by atoms with van der Waals surface area (Å²) in [6.07, 6.45) is 5.22. The number of para-hydroxylation sites is 1. The summed E-state index contributed by atoms with van der Waals surface area (Å²) in [6, 6.07) is 10.3. The first-order valence-corrected chi connectivity index (χ1v) is 6.92. The summed E-state index contributed by atoms with van der Waals surface area (Å²) < 4.78 is 0. The van der Waals surface area contributed by atoms with Gasteiger partial charge in [-0.2, -0.15) is 0 Å². The standard InChI is InChI=1S/C15H22N2/c1-12(11-14-6-4-9-16-14)17-10-8-13-5-2-3-7-15(13)17/h2-3,5,7,12,14,16H,4,6,8-11H2,1H3. The van der Waals surface area contributed by atoms with Gasteiger partial charge in [0.25, 0.3) is 0 Å². The van der Waals surface area contributed by atoms with Crippen molar-refractivity contribution < 1.29 is 0 Å². The van der Waals surface area contributed by atoms with E-state index in [4.69, 9.17) is 0 Å². The Kier molecular flexibility index (Phi) is 3.06. The molecule has 2 aliphatic rings. The summed E-state index contributed by atoms with van der Waals surface area (Å²) in [6.45, 7) is 4.79. The van der Waals surface area contributed by atoms with Crippen LogP contribution in [0.15, 0.2) is 24.3 Å². The molecule has 2 heterocycles. The van der Waals surface area contributed by atoms with Crippen molar-refractivity contribution in [1.29, 1.82) is 0 Å². The molecule has 0 radical (unpaired) electrons. The Bertz CT molecular complexity index is 382. The van der Waals surface area contributed by atoms with E-state index >= 15 is 0 Å². The summed E-state index contributed by atoms with van der Waals surface area (Å²) >= 11 is 0. The largest absolute Gasteiger partial charge is 0.368 e. The van der Waals surface area contributed by atoms with Crippen LogP contribution < -0.4 is 10.2 Å². The molecule has 2 nitrogen and oxygen atoms in total. The molecule has 1 N–H and O–H groups in total. The Labute approximate surface area is 104 Å². The summed E-state index contributed by atoms with van der Waals surface area (Å²) in [5.41, 5.74) is 3.00. The first kappa shape index (κ1) is 11.1. The predicted octanol–water partition coefficient (Wildman–Crippen LogP) is 2.58. The maximum Gasteiger partial charge on any atom is 0.0401 e. The average molecular weight is 230 g/mol. The van der Waals surface area contributed by atoms with Crippen molar-refractivity contribution in [2.75, 3.05) is 18.0 Å². The molecular formula is C15H22N2. The molecule has 2 atom stereocenters. The van der Waals surface area contributed by atoms with Gasteiger partial charge in [0, 0.05) is 24.3 Å². The van der Waals surface area contributed by atoms with E-state index in [2.05, 4.69) is 41.4 Å². The molecule has 92 valence electrons. The van der Waals surface area contributed by atoms with Gasteiger partial charge in [0.2, 0.25) is 0 Å². The van der Waals surface area contributed by atoms with E-state index in [0.717, 1.165) is 6.04 Å². The molecule has 0 aromatic heterocycles. The third-order valence-electron chi connectivity index (χ3n) is 4.24. The lowest BCUT2D eigenvalue weighted by Gasteiger charge is -2.29. The Morgan fingerprint density at radius 3 is 3.12 bits per heavy atom. The fourth-order valence-electron chi connectivity index (χ4n) is 3.32. The van der Waals surface area contributed by atoms with Gasteiger partial charge in [0.05, 0.1) is 0 Å². The Morgan fingerprint density at radius 2 is 2.29 bits per heavy atom. The van der Waals surface area contributed by atoms with Gasteiger partial charge in [-0.3, -0.25) is 0 Å². The van der Waals surface area contributed by atoms with E-state index in [1.165, 1.54) is 50.0 Å². The second-order valence-electron chi connectivity index (χ2n) is 5.45. The minimum Gasteiger partial charge on any atom is -0.368 e. The zero-order chi connectivity index (χ0) is 11.7. The maximum atomic E-state index is 3.61. The number of nitrogens with zero attached hydrogens (tertiary/aromatic N) is 1. The lowest BCUT2D eigenvalue weighted by molar-refractivity contribution is 0.487. The van der Waals surface area contributed by atoms with Crippen LogP contribution >= 0.6 is 0 Å². The van der Waals surface area contributed by atoms with Crippen LogP contribution in [-0.2, 0) is 6.42 Å². The SMILES string of the molecule is CC(CC1CCCN1)N1CCc2ccccc21. The first-order valence-electron chi connectivity index (χ1n) is 6.92. The molecule has 17 heavy (non-hydrogen) atoms. The van der Waals surface area contributed by atoms with Crippen molar-refractivity contribution in [1.82, 2.24) is 5.32 Å². The highest BCUT2D eigenvalue weighted by Gasteiger charge is 2.25. The molecule has 0 spiro atoms. The van der Waals surface area contributed by atoms with Crippen molar-refractivity contribution in [3.63, 3.8) is 0 Å². The van der Waals surface area contributed by atoms with Crippen LogP contribution in [0.1, 0.15) is 31.7 Å². The highest BCUT2D eigenvalue weighted by molar-refractivity contribution is 5.58. The minimum absolute atomic E-state index is 0.661. The van der Waals surface area contributed by atoms with Gasteiger partial charge in [0.1, 0.15) is 0 Å². The van der Waals surface area contributed by atoms with Gasteiger partial charge in [-0.1, -0.05) is 18.2 Å². The van der Waals surface area contributed by atoms with E-state index in [1.54, 1.807) is 0 Å². The van der Waals surface area contributed by atoms with E-state index in [-0.39, 0.29) is 0 Å². The summed E-state index contributed by atoms with van der Waals surface area (Å²) in [5.74, 6) is 0. The second kappa shape index (κ2) is 4.69. The van der Waals surface area contributed by atoms with Gasteiger partial charge in [-0.25, -0.2) is 0 Å². The van der Waals surface area contributed by atoms with Crippen molar-refractivity contribution in [3.05, 3.63) is 29.8 Å². The average Bonchev–Trinajstić information content (AvgIpc) is 2.96. The van der Waals surface area contributed by atoms with Crippen LogP contribution in [0.25, 0.3) is 0 Å². The molecule has 2 unspecified atom stereocenters. The summed E-state index contributed by atoms with van der Waals surface area (Å²) in [5, 5.41) is 3.61. The maximum absolute atomic E-state index is 3.61. The quantitative estimate of drug-likeness (QED) is 0.858. The zero-order valence-corrected chi connectivity index (χ0v) is 10.7. The Balaban J connectivity index is 1.68. The summed E-state index contributed by atoms with van der Waals surface area (Å²) in [4.78, 5) is 2.59. The highest BCUT2D eigenvalue weighted by Crippen LogP contribution is 2.30. The lowest BCUT2D eigenvalue weighted by Crippen LogP contribution is -2.36. The minimum atomic E-state index is 0.661. The normalized spacial score (nSPS) is 25.0. The molecule has 1 aromatic carbocycles. The molecule has 1 saturated heterocycles. The monoisotopic (exact) mass is 230 g/mol. The zero-order valence-electron chi connectivity index (χ0n) is 10.7. The molecule has 2 aliphatic heterocycles. The van der Waals surface area contributed by atoms with Crippen molar-refractivity contribution in [2.45, 2.75) is 44.7 Å². The smallest absolute Gasteiger partial charge is 0.0401 e. The molecule has 0 bridgehead atoms. The molecule has 0 aliphatic carbocycles. The van der Waals surface area contributed by atoms with Crippen LogP contribution in [0.2, 0.25) is 0 Å². The van der Waals surface area contributed by atoms with Crippen LogP contribution in [-0.4, -0.2) is 25.2 Å². The van der Waals surface area contributed by atoms with Crippen molar-refractivity contribution in [2.24, 2.45) is 0 Å². The molecule has 0 amide bonds. The first-order chi connectivity index (χ1) is 8.34. The predicted molar refractivity (Wildman–Crippen MR) is 72.6 cm³/mol. The van der Waals surface area contributed by atoms with Gasteiger partial charge in [-0.15, -0.1) is 0 Å². The van der Waals surface area contributed by atoms with Crippen LogP contribution in [0.3, 0.4) is 0 Å². The number of nitrogens with one attached hydrogen (secondary N) is 1. The molecule has 0 saturated carbocycles. The highest BCUT2D eigenvalue weighted by atomic mass is 15.2. The third kappa shape index (κ3) is 2.19. The van der Waals surface area contributed by atoms with Gasteiger partial charge >= 0.3 is 0 Å². The van der Waals surface area contributed by atoms with Gasteiger partial charge in [-0.05, 0) is 50.8 Å². The topological polar surface area (TPSA) is 15.3 Å². The van der Waals surface area contributed by atoms with Gasteiger partial charge < -0.3 is 10.2 Å². The van der Waals surface area contributed by atoms with Crippen molar-refractivity contribution >= 4 is 5.69 Å². The van der Waals surface area contributed by atoms with E-state index in [9.17, 15) is 0 Å². The van der Waals surface area contributed by atoms with Crippen LogP contribution in [0, 0.1) is 0 Å².